The van der Waals surface area contributed by atoms with Crippen LogP contribution >= 0.6 is 0 Å². The van der Waals surface area contributed by atoms with Gasteiger partial charge in [0, 0.05) is 31.1 Å². The molecule has 0 N–H and O–H groups in total. The first-order chi connectivity index (χ1) is 12.7. The highest BCUT2D eigenvalue weighted by atomic mass is 16.6. The van der Waals surface area contributed by atoms with Crippen LogP contribution < -0.4 is 0 Å². The maximum Gasteiger partial charge on any atom is 0.417 e. The first kappa shape index (κ1) is 19.9. The lowest BCUT2D eigenvalue weighted by Gasteiger charge is -2.32. The zero-order valence-corrected chi connectivity index (χ0v) is 17.1. The molecular weight excluding hydrogens is 342 g/mol. The second kappa shape index (κ2) is 8.03. The summed E-state index contributed by atoms with van der Waals surface area (Å²) in [7, 11) is 0. The second-order valence-corrected chi connectivity index (χ2v) is 9.24. The van der Waals surface area contributed by atoms with E-state index in [9.17, 15) is 9.59 Å². The van der Waals surface area contributed by atoms with Crippen LogP contribution in [0.15, 0.2) is 12.5 Å². The van der Waals surface area contributed by atoms with E-state index in [1.165, 1.54) is 30.6 Å². The van der Waals surface area contributed by atoms with Crippen molar-refractivity contribution in [1.82, 2.24) is 14.5 Å². The van der Waals surface area contributed by atoms with Crippen molar-refractivity contribution in [1.29, 1.82) is 0 Å². The first-order valence-electron chi connectivity index (χ1n) is 10.3. The summed E-state index contributed by atoms with van der Waals surface area (Å²) in [5, 5.41) is 0. The van der Waals surface area contributed by atoms with Crippen molar-refractivity contribution in [3.8, 4) is 0 Å². The lowest BCUT2D eigenvalue weighted by Crippen LogP contribution is -2.47. The molecule has 2 aliphatic rings. The molecule has 0 radical (unpaired) electrons. The summed E-state index contributed by atoms with van der Waals surface area (Å²) in [5.41, 5.74) is 0.346. The Morgan fingerprint density at radius 2 is 1.93 bits per heavy atom. The summed E-state index contributed by atoms with van der Waals surface area (Å²) in [4.78, 5) is 30.9. The van der Waals surface area contributed by atoms with E-state index in [-0.39, 0.29) is 11.8 Å². The number of ether oxygens (including phenoxy) is 1. The van der Waals surface area contributed by atoms with E-state index in [0.29, 0.717) is 19.0 Å². The predicted molar refractivity (Wildman–Crippen MR) is 103 cm³/mol. The number of piperidine rings is 1. The molecule has 1 aromatic heterocycles. The molecule has 6 nitrogen and oxygen atoms in total. The van der Waals surface area contributed by atoms with Gasteiger partial charge in [-0.25, -0.2) is 14.7 Å². The zero-order chi connectivity index (χ0) is 19.6. The van der Waals surface area contributed by atoms with Crippen LogP contribution in [0.5, 0.6) is 0 Å². The zero-order valence-electron chi connectivity index (χ0n) is 17.1. The largest absolute Gasteiger partial charge is 0.443 e. The summed E-state index contributed by atoms with van der Waals surface area (Å²) in [6.45, 7) is 8.21. The Hall–Kier alpha value is -1.85. The number of likely N-dealkylation sites (tertiary alicyclic amines) is 1. The lowest BCUT2D eigenvalue weighted by molar-refractivity contribution is -0.137. The van der Waals surface area contributed by atoms with E-state index in [1.807, 2.05) is 27.1 Å². The lowest BCUT2D eigenvalue weighted by atomic mass is 9.87. The average Bonchev–Trinajstić information content (AvgIpc) is 3.04. The summed E-state index contributed by atoms with van der Waals surface area (Å²) in [6, 6.07) is 0.530. The van der Waals surface area contributed by atoms with Crippen LogP contribution in [0, 0.1) is 11.8 Å². The van der Waals surface area contributed by atoms with E-state index < -0.39 is 11.7 Å². The molecule has 2 amide bonds. The van der Waals surface area contributed by atoms with Gasteiger partial charge in [0.15, 0.2) is 0 Å². The highest BCUT2D eigenvalue weighted by molar-refractivity contribution is 5.94. The highest BCUT2D eigenvalue weighted by Crippen LogP contribution is 2.32. The van der Waals surface area contributed by atoms with E-state index in [0.717, 1.165) is 24.5 Å². The average molecular weight is 376 g/mol. The molecule has 0 unspecified atom stereocenters. The second-order valence-electron chi connectivity index (χ2n) is 9.24. The van der Waals surface area contributed by atoms with Gasteiger partial charge in [0.2, 0.25) is 5.91 Å². The normalized spacial score (nSPS) is 26.9. The maximum atomic E-state index is 12.8. The van der Waals surface area contributed by atoms with Crippen molar-refractivity contribution in [3.05, 3.63) is 18.2 Å². The Morgan fingerprint density at radius 3 is 2.59 bits per heavy atom. The summed E-state index contributed by atoms with van der Waals surface area (Å²) < 4.78 is 7.61. The smallest absolute Gasteiger partial charge is 0.417 e. The van der Waals surface area contributed by atoms with Gasteiger partial charge < -0.3 is 9.30 Å². The minimum atomic E-state index is -0.597. The maximum absolute atomic E-state index is 12.8. The fraction of sp³-hybridized carbons (Fsp3) is 0.762. The van der Waals surface area contributed by atoms with Crippen molar-refractivity contribution < 1.29 is 14.3 Å². The Bertz CT molecular complexity index is 668. The minimum Gasteiger partial charge on any atom is -0.443 e. The molecule has 1 atom stereocenters. The van der Waals surface area contributed by atoms with Gasteiger partial charge in [-0.2, -0.15) is 0 Å². The van der Waals surface area contributed by atoms with Crippen LogP contribution in [0.3, 0.4) is 0 Å². The van der Waals surface area contributed by atoms with Crippen LogP contribution in [0.2, 0.25) is 0 Å². The minimum absolute atomic E-state index is 0.128. The molecule has 1 aliphatic heterocycles. The molecule has 0 aromatic carbocycles. The quantitative estimate of drug-likeness (QED) is 0.788. The Labute approximate surface area is 162 Å². The molecule has 1 saturated carbocycles. The molecule has 1 saturated heterocycles. The number of aromatic nitrogens is 2. The van der Waals surface area contributed by atoms with Gasteiger partial charge in [-0.05, 0) is 65.2 Å². The summed E-state index contributed by atoms with van der Waals surface area (Å²) in [6.07, 6.45) is 10.6. The van der Waals surface area contributed by atoms with Crippen LogP contribution in [-0.4, -0.2) is 38.6 Å². The van der Waals surface area contributed by atoms with Crippen LogP contribution in [0.25, 0.3) is 0 Å². The third kappa shape index (κ3) is 5.11. The number of nitrogens with zero attached hydrogens (tertiary/aromatic N) is 3. The number of imidazole rings is 1. The van der Waals surface area contributed by atoms with Crippen molar-refractivity contribution >= 4 is 12.0 Å². The molecule has 6 heteroatoms. The predicted octanol–water partition coefficient (Wildman–Crippen LogP) is 4.35. The molecule has 0 spiro atoms. The van der Waals surface area contributed by atoms with Gasteiger partial charge in [0.1, 0.15) is 5.60 Å². The first-order valence-corrected chi connectivity index (χ1v) is 10.3. The summed E-state index contributed by atoms with van der Waals surface area (Å²) >= 11 is 0. The van der Waals surface area contributed by atoms with Crippen LogP contribution in [-0.2, 0) is 16.0 Å². The topological polar surface area (TPSA) is 64.4 Å². The number of amides is 2. The van der Waals surface area contributed by atoms with Crippen LogP contribution in [0.4, 0.5) is 4.79 Å². The highest BCUT2D eigenvalue weighted by Gasteiger charge is 2.35. The molecule has 3 rings (SSSR count). The molecule has 1 aromatic rings. The van der Waals surface area contributed by atoms with Crippen molar-refractivity contribution in [2.24, 2.45) is 11.8 Å². The molecule has 27 heavy (non-hydrogen) atoms. The van der Waals surface area contributed by atoms with Gasteiger partial charge in [-0.1, -0.05) is 6.92 Å². The SMILES string of the molecule is CC(C)(C)OC(=O)N1CCC[C@@H](Cc2cn([C@H]3CC[C@H](C)CC3)cn2)C1=O. The number of imide groups is 1. The fourth-order valence-corrected chi connectivity index (χ4v) is 4.12. The molecule has 150 valence electrons. The molecule has 2 heterocycles. The van der Waals surface area contributed by atoms with Crippen molar-refractivity contribution in [3.63, 3.8) is 0 Å². The van der Waals surface area contributed by atoms with Gasteiger partial charge in [-0.3, -0.25) is 4.79 Å². The molecular formula is C21H33N3O3. The van der Waals surface area contributed by atoms with Crippen molar-refractivity contribution in [2.45, 2.75) is 84.3 Å². The molecule has 0 bridgehead atoms. The standard InChI is InChI=1S/C21H33N3O3/c1-15-7-9-18(10-8-15)23-13-17(22-14-23)12-16-6-5-11-24(19(16)25)20(26)27-21(2,3)4/h13-16,18H,5-12H2,1-4H3/t15-,16-,18-/m0/s1. The summed E-state index contributed by atoms with van der Waals surface area (Å²) in [5.74, 6) is 0.500. The van der Waals surface area contributed by atoms with Gasteiger partial charge in [0.05, 0.1) is 12.0 Å². The van der Waals surface area contributed by atoms with Gasteiger partial charge in [0.25, 0.3) is 0 Å². The monoisotopic (exact) mass is 375 g/mol. The number of hydrogen-bond acceptors (Lipinski definition) is 4. The van der Waals surface area contributed by atoms with Gasteiger partial charge >= 0.3 is 6.09 Å². The Morgan fingerprint density at radius 1 is 1.22 bits per heavy atom. The number of carbonyl (C=O) groups excluding carboxylic acids is 2. The van der Waals surface area contributed by atoms with Crippen LogP contribution in [0.1, 0.15) is 78.0 Å². The number of carbonyl (C=O) groups is 2. The van der Waals surface area contributed by atoms with E-state index in [2.05, 4.69) is 22.7 Å². The third-order valence-corrected chi connectivity index (χ3v) is 5.68. The Kier molecular flexibility index (Phi) is 5.92. The third-order valence-electron chi connectivity index (χ3n) is 5.68. The Balaban J connectivity index is 1.60. The van der Waals surface area contributed by atoms with Gasteiger partial charge in [-0.15, -0.1) is 0 Å². The van der Waals surface area contributed by atoms with E-state index in [4.69, 9.17) is 4.74 Å². The van der Waals surface area contributed by atoms with Crippen molar-refractivity contribution in [2.75, 3.05) is 6.54 Å². The number of hydrogen-bond donors (Lipinski definition) is 0. The van der Waals surface area contributed by atoms with E-state index in [1.54, 1.807) is 0 Å². The fourth-order valence-electron chi connectivity index (χ4n) is 4.12. The number of rotatable bonds is 3. The molecule has 2 fully saturated rings. The molecule has 1 aliphatic carbocycles. The van der Waals surface area contributed by atoms with E-state index >= 15 is 0 Å².